The van der Waals surface area contributed by atoms with E-state index in [1.54, 1.807) is 0 Å². The van der Waals surface area contributed by atoms with E-state index in [2.05, 4.69) is 16.4 Å². The Labute approximate surface area is 133 Å². The van der Waals surface area contributed by atoms with Gasteiger partial charge in [0.25, 0.3) is 0 Å². The Bertz CT molecular complexity index is 847. The SMILES string of the molecule is O=C(Nc1ccc(-c2cc3cc(Cl)ccc3[nH]2)cc1)C1CC1. The number of carbonyl (C=O) groups excluding carboxylic acids is 1. The lowest BCUT2D eigenvalue weighted by Gasteiger charge is -2.05. The number of amides is 1. The Kier molecular flexibility index (Phi) is 3.16. The van der Waals surface area contributed by atoms with Gasteiger partial charge in [-0.1, -0.05) is 23.7 Å². The monoisotopic (exact) mass is 310 g/mol. The molecule has 1 amide bonds. The predicted molar refractivity (Wildman–Crippen MR) is 90.1 cm³/mol. The standard InChI is InChI=1S/C18H15ClN2O/c19-14-5-8-16-13(9-14)10-17(21-16)11-3-6-15(7-4-11)20-18(22)12-1-2-12/h3-10,12,21H,1-2H2,(H,20,22). The number of H-pyrrole nitrogens is 1. The van der Waals surface area contributed by atoms with E-state index in [1.165, 1.54) is 0 Å². The van der Waals surface area contributed by atoms with Crippen LogP contribution in [-0.2, 0) is 4.79 Å². The minimum atomic E-state index is 0.132. The molecule has 0 atom stereocenters. The minimum absolute atomic E-state index is 0.132. The van der Waals surface area contributed by atoms with Crippen LogP contribution in [-0.4, -0.2) is 10.9 Å². The molecule has 22 heavy (non-hydrogen) atoms. The number of carbonyl (C=O) groups is 1. The largest absolute Gasteiger partial charge is 0.355 e. The number of anilines is 1. The highest BCUT2D eigenvalue weighted by Crippen LogP contribution is 2.31. The zero-order valence-corrected chi connectivity index (χ0v) is 12.7. The van der Waals surface area contributed by atoms with Crippen molar-refractivity contribution in [3.8, 4) is 11.3 Å². The van der Waals surface area contributed by atoms with Gasteiger partial charge in [0.1, 0.15) is 0 Å². The number of aromatic amines is 1. The van der Waals surface area contributed by atoms with Crippen LogP contribution in [0, 0.1) is 5.92 Å². The van der Waals surface area contributed by atoms with Gasteiger partial charge < -0.3 is 10.3 Å². The molecule has 1 aliphatic carbocycles. The first kappa shape index (κ1) is 13.4. The van der Waals surface area contributed by atoms with Gasteiger partial charge in [0.05, 0.1) is 0 Å². The predicted octanol–water partition coefficient (Wildman–Crippen LogP) is 4.84. The average Bonchev–Trinajstić information content (AvgIpc) is 3.28. The van der Waals surface area contributed by atoms with Gasteiger partial charge in [-0.3, -0.25) is 4.79 Å². The fraction of sp³-hybridized carbons (Fsp3) is 0.167. The van der Waals surface area contributed by atoms with Crippen molar-refractivity contribution in [3.63, 3.8) is 0 Å². The highest BCUT2D eigenvalue weighted by molar-refractivity contribution is 6.31. The van der Waals surface area contributed by atoms with E-state index in [4.69, 9.17) is 11.6 Å². The number of hydrogen-bond donors (Lipinski definition) is 2. The Morgan fingerprint density at radius 3 is 2.59 bits per heavy atom. The molecule has 0 unspecified atom stereocenters. The molecule has 2 N–H and O–H groups in total. The van der Waals surface area contributed by atoms with Crippen molar-refractivity contribution >= 4 is 34.1 Å². The molecule has 1 fully saturated rings. The molecule has 4 rings (SSSR count). The average molecular weight is 311 g/mol. The van der Waals surface area contributed by atoms with Crippen molar-refractivity contribution in [3.05, 3.63) is 53.6 Å². The minimum Gasteiger partial charge on any atom is -0.355 e. The number of halogens is 1. The smallest absolute Gasteiger partial charge is 0.227 e. The third-order valence-corrected chi connectivity index (χ3v) is 4.23. The number of hydrogen-bond acceptors (Lipinski definition) is 1. The van der Waals surface area contributed by atoms with Crippen LogP contribution < -0.4 is 5.32 Å². The molecule has 3 aromatic rings. The van der Waals surface area contributed by atoms with E-state index in [1.807, 2.05) is 42.5 Å². The Balaban J connectivity index is 1.59. The molecule has 0 bridgehead atoms. The Morgan fingerprint density at radius 2 is 1.86 bits per heavy atom. The van der Waals surface area contributed by atoms with Crippen molar-refractivity contribution in [2.24, 2.45) is 5.92 Å². The molecule has 1 heterocycles. The lowest BCUT2D eigenvalue weighted by molar-refractivity contribution is -0.117. The molecule has 1 aliphatic rings. The Hall–Kier alpha value is -2.26. The van der Waals surface area contributed by atoms with E-state index in [0.717, 1.165) is 45.7 Å². The molecule has 3 nitrogen and oxygen atoms in total. The fourth-order valence-corrected chi connectivity index (χ4v) is 2.76. The second-order valence-electron chi connectivity index (χ2n) is 5.76. The normalized spacial score (nSPS) is 14.2. The summed E-state index contributed by atoms with van der Waals surface area (Å²) in [5.41, 5.74) is 4.03. The van der Waals surface area contributed by atoms with Crippen molar-refractivity contribution in [2.45, 2.75) is 12.8 Å². The summed E-state index contributed by atoms with van der Waals surface area (Å²) in [6.45, 7) is 0. The van der Waals surface area contributed by atoms with E-state index in [9.17, 15) is 4.79 Å². The van der Waals surface area contributed by atoms with Gasteiger partial charge in [0, 0.05) is 33.2 Å². The molecular formula is C18H15ClN2O. The van der Waals surface area contributed by atoms with Gasteiger partial charge in [0.2, 0.25) is 5.91 Å². The van der Waals surface area contributed by atoms with Crippen LogP contribution in [0.3, 0.4) is 0 Å². The molecule has 0 aliphatic heterocycles. The summed E-state index contributed by atoms with van der Waals surface area (Å²) < 4.78 is 0. The van der Waals surface area contributed by atoms with Gasteiger partial charge in [-0.05, 0) is 54.8 Å². The quantitative estimate of drug-likeness (QED) is 0.714. The number of benzene rings is 2. The maximum absolute atomic E-state index is 11.7. The first-order valence-electron chi connectivity index (χ1n) is 7.39. The molecule has 2 aromatic carbocycles. The van der Waals surface area contributed by atoms with Gasteiger partial charge in [-0.15, -0.1) is 0 Å². The summed E-state index contributed by atoms with van der Waals surface area (Å²) in [5, 5.41) is 4.77. The molecular weight excluding hydrogens is 296 g/mol. The summed E-state index contributed by atoms with van der Waals surface area (Å²) in [7, 11) is 0. The zero-order valence-electron chi connectivity index (χ0n) is 11.9. The number of rotatable bonds is 3. The first-order valence-corrected chi connectivity index (χ1v) is 7.76. The van der Waals surface area contributed by atoms with Crippen LogP contribution in [0.1, 0.15) is 12.8 Å². The van der Waals surface area contributed by atoms with Crippen molar-refractivity contribution in [1.29, 1.82) is 0 Å². The van der Waals surface area contributed by atoms with E-state index in [-0.39, 0.29) is 11.8 Å². The van der Waals surface area contributed by atoms with Crippen molar-refractivity contribution in [1.82, 2.24) is 4.98 Å². The summed E-state index contributed by atoms with van der Waals surface area (Å²) in [6, 6.07) is 15.8. The highest BCUT2D eigenvalue weighted by Gasteiger charge is 2.29. The molecule has 0 saturated heterocycles. The summed E-state index contributed by atoms with van der Waals surface area (Å²) in [5.74, 6) is 0.353. The van der Waals surface area contributed by atoms with Crippen LogP contribution in [0.15, 0.2) is 48.5 Å². The van der Waals surface area contributed by atoms with Gasteiger partial charge in [-0.25, -0.2) is 0 Å². The maximum Gasteiger partial charge on any atom is 0.227 e. The topological polar surface area (TPSA) is 44.9 Å². The van der Waals surface area contributed by atoms with Crippen LogP contribution in [0.25, 0.3) is 22.2 Å². The van der Waals surface area contributed by atoms with Crippen molar-refractivity contribution < 1.29 is 4.79 Å². The number of nitrogens with one attached hydrogen (secondary N) is 2. The second-order valence-corrected chi connectivity index (χ2v) is 6.19. The number of aromatic nitrogens is 1. The third kappa shape index (κ3) is 2.60. The third-order valence-electron chi connectivity index (χ3n) is 3.99. The molecule has 1 saturated carbocycles. The summed E-state index contributed by atoms with van der Waals surface area (Å²) in [4.78, 5) is 15.1. The first-order chi connectivity index (χ1) is 10.7. The molecule has 0 spiro atoms. The van der Waals surface area contributed by atoms with Crippen LogP contribution in [0.4, 0.5) is 5.69 Å². The molecule has 0 radical (unpaired) electrons. The zero-order chi connectivity index (χ0) is 15.1. The van der Waals surface area contributed by atoms with E-state index >= 15 is 0 Å². The Morgan fingerprint density at radius 1 is 1.09 bits per heavy atom. The highest BCUT2D eigenvalue weighted by atomic mass is 35.5. The van der Waals surface area contributed by atoms with Crippen molar-refractivity contribution in [2.75, 3.05) is 5.32 Å². The van der Waals surface area contributed by atoms with Crippen LogP contribution >= 0.6 is 11.6 Å². The number of fused-ring (bicyclic) bond motifs is 1. The maximum atomic E-state index is 11.7. The lowest BCUT2D eigenvalue weighted by atomic mass is 10.1. The molecule has 1 aromatic heterocycles. The van der Waals surface area contributed by atoms with Crippen LogP contribution in [0.5, 0.6) is 0 Å². The van der Waals surface area contributed by atoms with E-state index < -0.39 is 0 Å². The molecule has 110 valence electrons. The molecule has 4 heteroatoms. The van der Waals surface area contributed by atoms with Gasteiger partial charge in [0.15, 0.2) is 0 Å². The van der Waals surface area contributed by atoms with Gasteiger partial charge >= 0.3 is 0 Å². The van der Waals surface area contributed by atoms with Gasteiger partial charge in [-0.2, -0.15) is 0 Å². The lowest BCUT2D eigenvalue weighted by Crippen LogP contribution is -2.12. The fourth-order valence-electron chi connectivity index (χ4n) is 2.58. The van der Waals surface area contributed by atoms with E-state index in [0.29, 0.717) is 0 Å². The summed E-state index contributed by atoms with van der Waals surface area (Å²) in [6.07, 6.45) is 2.03. The summed E-state index contributed by atoms with van der Waals surface area (Å²) >= 11 is 6.02. The van der Waals surface area contributed by atoms with Crippen LogP contribution in [0.2, 0.25) is 5.02 Å². The second kappa shape index (κ2) is 5.18.